The Morgan fingerprint density at radius 2 is 1.61 bits per heavy atom. The van der Waals surface area contributed by atoms with Crippen molar-refractivity contribution in [2.75, 3.05) is 19.0 Å². The quantitative estimate of drug-likeness (QED) is 0.477. The zero-order valence-corrected chi connectivity index (χ0v) is 17.7. The van der Waals surface area contributed by atoms with Gasteiger partial charge < -0.3 is 24.8 Å². The molecule has 0 aliphatic heterocycles. The molecular weight excluding hydrogens is 434 g/mol. The number of alkyl halides is 2. The van der Waals surface area contributed by atoms with Crippen molar-refractivity contribution < 1.29 is 32.6 Å². The molecule has 0 heterocycles. The molecule has 0 atom stereocenters. The summed E-state index contributed by atoms with van der Waals surface area (Å²) in [5, 5.41) is 5.45. The fourth-order valence-electron chi connectivity index (χ4n) is 2.82. The van der Waals surface area contributed by atoms with Gasteiger partial charge in [0.05, 0.1) is 7.11 Å². The first-order chi connectivity index (χ1) is 15.9. The zero-order chi connectivity index (χ0) is 23.6. The Balaban J connectivity index is 1.45. The molecule has 33 heavy (non-hydrogen) atoms. The summed E-state index contributed by atoms with van der Waals surface area (Å²) in [7, 11) is 1.54. The molecule has 0 saturated carbocycles. The van der Waals surface area contributed by atoms with Crippen LogP contribution >= 0.6 is 0 Å². The maximum absolute atomic E-state index is 12.3. The molecule has 2 N–H and O–H groups in total. The van der Waals surface area contributed by atoms with Gasteiger partial charge >= 0.3 is 6.61 Å². The maximum atomic E-state index is 12.3. The van der Waals surface area contributed by atoms with Crippen molar-refractivity contribution in [1.29, 1.82) is 0 Å². The van der Waals surface area contributed by atoms with Gasteiger partial charge in [0.25, 0.3) is 11.8 Å². The van der Waals surface area contributed by atoms with E-state index in [1.165, 1.54) is 12.1 Å². The lowest BCUT2D eigenvalue weighted by molar-refractivity contribution is -0.118. The van der Waals surface area contributed by atoms with Crippen LogP contribution in [0.2, 0.25) is 0 Å². The molecule has 0 bridgehead atoms. The van der Waals surface area contributed by atoms with Crippen LogP contribution < -0.4 is 24.8 Å². The average molecular weight is 456 g/mol. The van der Waals surface area contributed by atoms with E-state index >= 15 is 0 Å². The molecule has 0 aliphatic rings. The van der Waals surface area contributed by atoms with Gasteiger partial charge in [-0.3, -0.25) is 9.59 Å². The van der Waals surface area contributed by atoms with E-state index in [0.29, 0.717) is 22.7 Å². The number of hydrogen-bond acceptors (Lipinski definition) is 5. The summed E-state index contributed by atoms with van der Waals surface area (Å²) in [5.41, 5.74) is 1.72. The van der Waals surface area contributed by atoms with Gasteiger partial charge in [-0.1, -0.05) is 18.2 Å². The number of carbonyl (C=O) groups is 2. The number of halogens is 2. The van der Waals surface area contributed by atoms with Gasteiger partial charge in [-0.25, -0.2) is 0 Å². The van der Waals surface area contributed by atoms with Gasteiger partial charge in [-0.15, -0.1) is 0 Å². The van der Waals surface area contributed by atoms with Crippen LogP contribution in [-0.4, -0.2) is 32.1 Å². The van der Waals surface area contributed by atoms with Crippen LogP contribution in [0.4, 0.5) is 14.5 Å². The Kier molecular flexibility index (Phi) is 8.18. The lowest BCUT2D eigenvalue weighted by Gasteiger charge is -2.10. The van der Waals surface area contributed by atoms with E-state index in [1.54, 1.807) is 67.8 Å². The minimum atomic E-state index is -2.88. The fraction of sp³-hybridized carbons (Fsp3) is 0.167. The predicted molar refractivity (Wildman–Crippen MR) is 118 cm³/mol. The van der Waals surface area contributed by atoms with E-state index in [9.17, 15) is 18.4 Å². The topological polar surface area (TPSA) is 85.9 Å². The van der Waals surface area contributed by atoms with Crippen LogP contribution in [0.1, 0.15) is 15.9 Å². The van der Waals surface area contributed by atoms with Crippen LogP contribution in [0.25, 0.3) is 0 Å². The molecular formula is C24H22F2N2O5. The third-order valence-electron chi connectivity index (χ3n) is 4.44. The fourth-order valence-corrected chi connectivity index (χ4v) is 2.82. The SMILES string of the molecule is COc1cccc(NC(=O)COc2ccc(C(=O)NCc3ccc(OC(F)F)cc3)cc2)c1. The third kappa shape index (κ3) is 7.49. The highest BCUT2D eigenvalue weighted by atomic mass is 19.3. The Bertz CT molecular complexity index is 1070. The number of carbonyl (C=O) groups excluding carboxylic acids is 2. The highest BCUT2D eigenvalue weighted by molar-refractivity contribution is 5.94. The second-order valence-electron chi connectivity index (χ2n) is 6.80. The molecule has 9 heteroatoms. The number of amides is 2. The monoisotopic (exact) mass is 456 g/mol. The second-order valence-corrected chi connectivity index (χ2v) is 6.80. The molecule has 0 spiro atoms. The van der Waals surface area contributed by atoms with Gasteiger partial charge in [0.2, 0.25) is 0 Å². The normalized spacial score (nSPS) is 10.4. The summed E-state index contributed by atoms with van der Waals surface area (Å²) in [6.07, 6.45) is 0. The predicted octanol–water partition coefficient (Wildman–Crippen LogP) is 4.24. The summed E-state index contributed by atoms with van der Waals surface area (Å²) < 4.78 is 39.2. The van der Waals surface area contributed by atoms with Gasteiger partial charge in [-0.05, 0) is 54.1 Å². The first-order valence-corrected chi connectivity index (χ1v) is 9.91. The van der Waals surface area contributed by atoms with E-state index in [0.717, 1.165) is 5.56 Å². The summed E-state index contributed by atoms with van der Waals surface area (Å²) in [6.45, 7) is -2.87. The Hall–Kier alpha value is -4.14. The highest BCUT2D eigenvalue weighted by Crippen LogP contribution is 2.18. The van der Waals surface area contributed by atoms with E-state index in [1.807, 2.05) is 0 Å². The van der Waals surface area contributed by atoms with E-state index in [-0.39, 0.29) is 30.7 Å². The molecule has 0 aliphatic carbocycles. The third-order valence-corrected chi connectivity index (χ3v) is 4.44. The molecule has 7 nitrogen and oxygen atoms in total. The van der Waals surface area contributed by atoms with Crippen molar-refractivity contribution in [3.05, 3.63) is 83.9 Å². The summed E-state index contributed by atoms with van der Waals surface area (Å²) >= 11 is 0. The molecule has 0 aromatic heterocycles. The second kappa shape index (κ2) is 11.5. The van der Waals surface area contributed by atoms with Crippen LogP contribution in [0.3, 0.4) is 0 Å². The number of anilines is 1. The molecule has 3 aromatic carbocycles. The van der Waals surface area contributed by atoms with Crippen molar-refractivity contribution in [1.82, 2.24) is 5.32 Å². The van der Waals surface area contributed by atoms with Crippen molar-refractivity contribution in [2.45, 2.75) is 13.2 Å². The molecule has 0 unspecified atom stereocenters. The summed E-state index contributed by atoms with van der Waals surface area (Å²) in [6, 6.07) is 19.3. The van der Waals surface area contributed by atoms with Crippen molar-refractivity contribution in [3.63, 3.8) is 0 Å². The molecule has 3 rings (SSSR count). The Morgan fingerprint density at radius 1 is 0.909 bits per heavy atom. The number of benzene rings is 3. The first kappa shape index (κ1) is 23.5. The van der Waals surface area contributed by atoms with Crippen LogP contribution in [0.15, 0.2) is 72.8 Å². The number of hydrogen-bond donors (Lipinski definition) is 2. The van der Waals surface area contributed by atoms with E-state index in [2.05, 4.69) is 15.4 Å². The zero-order valence-electron chi connectivity index (χ0n) is 17.7. The van der Waals surface area contributed by atoms with Gasteiger partial charge in [0.15, 0.2) is 6.61 Å². The lowest BCUT2D eigenvalue weighted by Crippen LogP contribution is -2.23. The lowest BCUT2D eigenvalue weighted by atomic mass is 10.2. The Morgan fingerprint density at radius 3 is 2.27 bits per heavy atom. The van der Waals surface area contributed by atoms with Crippen molar-refractivity contribution >= 4 is 17.5 Å². The summed E-state index contributed by atoms with van der Waals surface area (Å²) in [4.78, 5) is 24.4. The Labute approximate surface area is 189 Å². The maximum Gasteiger partial charge on any atom is 0.387 e. The van der Waals surface area contributed by atoms with E-state index in [4.69, 9.17) is 9.47 Å². The molecule has 3 aromatic rings. The van der Waals surface area contributed by atoms with E-state index < -0.39 is 6.61 Å². The molecule has 172 valence electrons. The molecule has 2 amide bonds. The highest BCUT2D eigenvalue weighted by Gasteiger charge is 2.09. The largest absolute Gasteiger partial charge is 0.497 e. The van der Waals surface area contributed by atoms with Crippen LogP contribution in [-0.2, 0) is 11.3 Å². The van der Waals surface area contributed by atoms with Crippen LogP contribution in [0.5, 0.6) is 17.2 Å². The molecule has 0 radical (unpaired) electrons. The van der Waals surface area contributed by atoms with Gasteiger partial charge in [0, 0.05) is 23.9 Å². The minimum Gasteiger partial charge on any atom is -0.497 e. The molecule has 0 fully saturated rings. The van der Waals surface area contributed by atoms with Crippen LogP contribution in [0, 0.1) is 0 Å². The number of ether oxygens (including phenoxy) is 3. The standard InChI is InChI=1S/C24H22F2N2O5/c1-31-21-4-2-3-18(13-21)28-22(29)15-32-19-11-7-17(8-12-19)23(30)27-14-16-5-9-20(10-6-16)33-24(25)26/h2-13,24H,14-15H2,1H3,(H,27,30)(H,28,29). The van der Waals surface area contributed by atoms with Crippen molar-refractivity contribution in [2.24, 2.45) is 0 Å². The average Bonchev–Trinajstić information content (AvgIpc) is 2.82. The number of methoxy groups -OCH3 is 1. The minimum absolute atomic E-state index is 0.0489. The number of rotatable bonds is 10. The molecule has 0 saturated heterocycles. The van der Waals surface area contributed by atoms with Gasteiger partial charge in [0.1, 0.15) is 17.2 Å². The van der Waals surface area contributed by atoms with Crippen molar-refractivity contribution in [3.8, 4) is 17.2 Å². The van der Waals surface area contributed by atoms with Gasteiger partial charge in [-0.2, -0.15) is 8.78 Å². The summed E-state index contributed by atoms with van der Waals surface area (Å²) in [5.74, 6) is 0.454. The first-order valence-electron chi connectivity index (χ1n) is 9.91. The smallest absolute Gasteiger partial charge is 0.387 e. The number of nitrogens with one attached hydrogen (secondary N) is 2.